The molecule has 98 valence electrons. The van der Waals surface area contributed by atoms with Crippen LogP contribution in [0.2, 0.25) is 0 Å². The number of nitrogens with zero attached hydrogens (tertiary/aromatic N) is 3. The fourth-order valence-electron chi connectivity index (χ4n) is 2.41. The van der Waals surface area contributed by atoms with Crippen molar-refractivity contribution in [3.63, 3.8) is 0 Å². The molecular weight excluding hydrogens is 240 g/mol. The molecule has 0 saturated carbocycles. The van der Waals surface area contributed by atoms with E-state index in [1.165, 1.54) is 0 Å². The molecule has 5 heteroatoms. The Hall–Kier alpha value is -2.14. The van der Waals surface area contributed by atoms with E-state index in [9.17, 15) is 0 Å². The number of furan rings is 1. The Morgan fingerprint density at radius 2 is 2.21 bits per heavy atom. The predicted octanol–water partition coefficient (Wildman–Crippen LogP) is 1.81. The first-order valence-electron chi connectivity index (χ1n) is 6.30. The highest BCUT2D eigenvalue weighted by Gasteiger charge is 2.12. The molecule has 3 aromatic rings. The molecule has 0 aliphatic heterocycles. The smallest absolute Gasteiger partial charge is 0.143 e. The first-order valence-corrected chi connectivity index (χ1v) is 6.30. The number of rotatable bonds is 4. The molecule has 0 fully saturated rings. The largest absolute Gasteiger partial charge is 0.469 e. The number of aryl methyl sites for hydroxylation is 3. The highest BCUT2D eigenvalue weighted by atomic mass is 16.3. The lowest BCUT2D eigenvalue weighted by Gasteiger charge is -2.03. The van der Waals surface area contributed by atoms with Crippen LogP contribution in [-0.2, 0) is 26.4 Å². The van der Waals surface area contributed by atoms with Gasteiger partial charge in [-0.2, -0.15) is 0 Å². The summed E-state index contributed by atoms with van der Waals surface area (Å²) in [4.78, 5) is 8.73. The molecule has 0 saturated heterocycles. The van der Waals surface area contributed by atoms with E-state index < -0.39 is 0 Å². The summed E-state index contributed by atoms with van der Waals surface area (Å²) < 4.78 is 7.35. The second kappa shape index (κ2) is 4.85. The van der Waals surface area contributed by atoms with Crippen molar-refractivity contribution in [3.8, 4) is 0 Å². The molecule has 2 N–H and O–H groups in total. The van der Waals surface area contributed by atoms with Gasteiger partial charge in [-0.3, -0.25) is 0 Å². The Balaban J connectivity index is 1.98. The van der Waals surface area contributed by atoms with Gasteiger partial charge >= 0.3 is 0 Å². The summed E-state index contributed by atoms with van der Waals surface area (Å²) in [5, 5.41) is 1.08. The van der Waals surface area contributed by atoms with Crippen molar-refractivity contribution >= 4 is 11.0 Å². The Bertz CT molecular complexity index is 685. The fourth-order valence-corrected chi connectivity index (χ4v) is 2.41. The van der Waals surface area contributed by atoms with Gasteiger partial charge in [-0.05, 0) is 24.1 Å². The summed E-state index contributed by atoms with van der Waals surface area (Å²) >= 11 is 0. The van der Waals surface area contributed by atoms with Crippen molar-refractivity contribution in [1.29, 1.82) is 0 Å². The number of fused-ring (bicyclic) bond motifs is 1. The summed E-state index contributed by atoms with van der Waals surface area (Å²) in [6.45, 7) is 0.498. The Morgan fingerprint density at radius 1 is 1.32 bits per heavy atom. The minimum absolute atomic E-state index is 0.498. The second-order valence-electron chi connectivity index (χ2n) is 4.57. The van der Waals surface area contributed by atoms with Gasteiger partial charge in [0.25, 0.3) is 0 Å². The molecule has 3 rings (SSSR count). The van der Waals surface area contributed by atoms with E-state index in [-0.39, 0.29) is 0 Å². The molecular formula is C14H16N4O. The normalized spacial score (nSPS) is 11.3. The summed E-state index contributed by atoms with van der Waals surface area (Å²) in [6.07, 6.45) is 6.98. The van der Waals surface area contributed by atoms with E-state index >= 15 is 0 Å². The molecule has 5 nitrogen and oxygen atoms in total. The van der Waals surface area contributed by atoms with E-state index in [1.807, 2.05) is 29.9 Å². The van der Waals surface area contributed by atoms with Crippen molar-refractivity contribution in [2.75, 3.05) is 0 Å². The van der Waals surface area contributed by atoms with Crippen molar-refractivity contribution in [3.05, 3.63) is 47.9 Å². The molecule has 0 unspecified atom stereocenters. The highest BCUT2D eigenvalue weighted by molar-refractivity contribution is 5.82. The predicted molar refractivity (Wildman–Crippen MR) is 72.5 cm³/mol. The summed E-state index contributed by atoms with van der Waals surface area (Å²) in [6, 6.07) is 3.88. The molecule has 0 spiro atoms. The topological polar surface area (TPSA) is 69.9 Å². The summed E-state index contributed by atoms with van der Waals surface area (Å²) in [7, 11) is 1.98. The number of aromatic nitrogens is 3. The fraction of sp³-hybridized carbons (Fsp3) is 0.286. The van der Waals surface area contributed by atoms with Gasteiger partial charge in [-0.25, -0.2) is 9.97 Å². The van der Waals surface area contributed by atoms with E-state index in [0.717, 1.165) is 40.9 Å². The zero-order valence-electron chi connectivity index (χ0n) is 10.8. The Labute approximate surface area is 111 Å². The van der Waals surface area contributed by atoms with Crippen LogP contribution in [-0.4, -0.2) is 14.5 Å². The standard InChI is InChI=1S/C14H16N4O/c1-18-8-10(7-15)13-12(16-9-17-14(13)18)5-4-11-3-2-6-19-11/h2-3,6,8-9H,4-5,7,15H2,1H3. The third-order valence-corrected chi connectivity index (χ3v) is 3.32. The zero-order valence-corrected chi connectivity index (χ0v) is 10.8. The molecule has 0 bridgehead atoms. The Morgan fingerprint density at radius 3 is 2.95 bits per heavy atom. The molecule has 3 aromatic heterocycles. The van der Waals surface area contributed by atoms with Crippen LogP contribution in [0.4, 0.5) is 0 Å². The van der Waals surface area contributed by atoms with Gasteiger partial charge < -0.3 is 14.7 Å². The van der Waals surface area contributed by atoms with Gasteiger partial charge in [0.1, 0.15) is 17.7 Å². The van der Waals surface area contributed by atoms with Gasteiger partial charge in [-0.15, -0.1) is 0 Å². The lowest BCUT2D eigenvalue weighted by molar-refractivity contribution is 0.508. The average molecular weight is 256 g/mol. The maximum atomic E-state index is 5.80. The van der Waals surface area contributed by atoms with Crippen LogP contribution in [0.1, 0.15) is 17.0 Å². The van der Waals surface area contributed by atoms with Crippen molar-refractivity contribution in [2.24, 2.45) is 12.8 Å². The van der Waals surface area contributed by atoms with Gasteiger partial charge in [0.2, 0.25) is 0 Å². The van der Waals surface area contributed by atoms with E-state index in [0.29, 0.717) is 6.54 Å². The molecule has 0 amide bonds. The third-order valence-electron chi connectivity index (χ3n) is 3.32. The molecule has 3 heterocycles. The maximum Gasteiger partial charge on any atom is 0.143 e. The molecule has 0 radical (unpaired) electrons. The van der Waals surface area contributed by atoms with Crippen LogP contribution >= 0.6 is 0 Å². The second-order valence-corrected chi connectivity index (χ2v) is 4.57. The molecule has 0 aliphatic rings. The highest BCUT2D eigenvalue weighted by Crippen LogP contribution is 2.22. The minimum atomic E-state index is 0.498. The SMILES string of the molecule is Cn1cc(CN)c2c(CCc3ccco3)ncnc21. The number of hydrogen-bond donors (Lipinski definition) is 1. The van der Waals surface area contributed by atoms with Crippen LogP contribution in [0.15, 0.2) is 35.3 Å². The number of nitrogens with two attached hydrogens (primary N) is 1. The monoisotopic (exact) mass is 256 g/mol. The third kappa shape index (κ3) is 2.13. The van der Waals surface area contributed by atoms with Crippen molar-refractivity contribution in [2.45, 2.75) is 19.4 Å². The van der Waals surface area contributed by atoms with Crippen LogP contribution in [0.3, 0.4) is 0 Å². The van der Waals surface area contributed by atoms with Gasteiger partial charge in [0.15, 0.2) is 0 Å². The van der Waals surface area contributed by atoms with Crippen LogP contribution in [0, 0.1) is 0 Å². The van der Waals surface area contributed by atoms with Gasteiger partial charge in [-0.1, -0.05) is 0 Å². The van der Waals surface area contributed by atoms with Crippen LogP contribution in [0.25, 0.3) is 11.0 Å². The zero-order chi connectivity index (χ0) is 13.2. The first-order chi connectivity index (χ1) is 9.29. The lowest BCUT2D eigenvalue weighted by atomic mass is 10.1. The van der Waals surface area contributed by atoms with E-state index in [2.05, 4.69) is 9.97 Å². The van der Waals surface area contributed by atoms with Gasteiger partial charge in [0, 0.05) is 31.6 Å². The molecule has 19 heavy (non-hydrogen) atoms. The molecule has 0 aromatic carbocycles. The quantitative estimate of drug-likeness (QED) is 0.772. The van der Waals surface area contributed by atoms with Crippen molar-refractivity contribution < 1.29 is 4.42 Å². The minimum Gasteiger partial charge on any atom is -0.469 e. The molecule has 0 aliphatic carbocycles. The van der Waals surface area contributed by atoms with Crippen LogP contribution in [0.5, 0.6) is 0 Å². The summed E-state index contributed by atoms with van der Waals surface area (Å²) in [5.41, 5.74) is 8.86. The van der Waals surface area contributed by atoms with E-state index in [4.69, 9.17) is 10.2 Å². The van der Waals surface area contributed by atoms with Crippen molar-refractivity contribution in [1.82, 2.24) is 14.5 Å². The Kier molecular flexibility index (Phi) is 3.05. The summed E-state index contributed by atoms with van der Waals surface area (Å²) in [5.74, 6) is 0.969. The lowest BCUT2D eigenvalue weighted by Crippen LogP contribution is -2.00. The van der Waals surface area contributed by atoms with Crippen LogP contribution < -0.4 is 5.73 Å². The average Bonchev–Trinajstić information content (AvgIpc) is 3.05. The van der Waals surface area contributed by atoms with Gasteiger partial charge in [0.05, 0.1) is 12.0 Å². The molecule has 0 atom stereocenters. The van der Waals surface area contributed by atoms with E-state index in [1.54, 1.807) is 12.6 Å². The first kappa shape index (κ1) is 11.9. The number of hydrogen-bond acceptors (Lipinski definition) is 4. The maximum absolute atomic E-state index is 5.80.